The Labute approximate surface area is 252 Å². The molecule has 11 nitrogen and oxygen atoms in total. The highest BCUT2D eigenvalue weighted by Crippen LogP contribution is 2.27. The molecule has 4 amide bonds. The molecule has 1 heterocycles. The Balaban J connectivity index is 1.79. The summed E-state index contributed by atoms with van der Waals surface area (Å²) in [6.07, 6.45) is 6.70. The monoisotopic (exact) mass is 604 g/mol. The molecule has 232 valence electrons. The van der Waals surface area contributed by atoms with Gasteiger partial charge in [0.15, 0.2) is 0 Å². The Hall–Kier alpha value is -2.96. The third-order valence-corrected chi connectivity index (χ3v) is 8.42. The third-order valence-electron chi connectivity index (χ3n) is 7.35. The summed E-state index contributed by atoms with van der Waals surface area (Å²) < 4.78 is 10.9. The molecule has 1 aliphatic heterocycles. The fraction of sp³-hybridized carbons (Fsp3) is 0.633. The molecule has 0 bridgehead atoms. The molecule has 1 aliphatic carbocycles. The number of nitrogens with one attached hydrogen (secondary N) is 4. The molecule has 0 unspecified atom stereocenters. The predicted molar refractivity (Wildman–Crippen MR) is 160 cm³/mol. The maximum atomic E-state index is 13.6. The van der Waals surface area contributed by atoms with Gasteiger partial charge in [0.1, 0.15) is 18.7 Å². The lowest BCUT2D eigenvalue weighted by Gasteiger charge is -2.28. The van der Waals surface area contributed by atoms with Gasteiger partial charge in [-0.2, -0.15) is 0 Å². The lowest BCUT2D eigenvalue weighted by molar-refractivity contribution is -0.133. The Morgan fingerprint density at radius 3 is 2.40 bits per heavy atom. The normalized spacial score (nSPS) is 24.7. The van der Waals surface area contributed by atoms with Crippen molar-refractivity contribution in [1.29, 1.82) is 0 Å². The molecule has 1 saturated heterocycles. The van der Waals surface area contributed by atoms with E-state index in [9.17, 15) is 24.0 Å². The Morgan fingerprint density at radius 2 is 1.67 bits per heavy atom. The maximum absolute atomic E-state index is 13.6. The van der Waals surface area contributed by atoms with Crippen molar-refractivity contribution >= 4 is 40.5 Å². The molecule has 3 rings (SSSR count). The lowest BCUT2D eigenvalue weighted by atomic mass is 9.84. The average Bonchev–Trinajstić information content (AvgIpc) is 2.98. The number of hydrogen-bond donors (Lipinski definition) is 4. The van der Waals surface area contributed by atoms with Crippen LogP contribution in [0.1, 0.15) is 57.4 Å². The second-order valence-corrected chi connectivity index (χ2v) is 11.8. The van der Waals surface area contributed by atoms with Crippen LogP contribution in [0, 0.1) is 5.92 Å². The second-order valence-electron chi connectivity index (χ2n) is 10.8. The summed E-state index contributed by atoms with van der Waals surface area (Å²) in [7, 11) is 0. The van der Waals surface area contributed by atoms with Crippen molar-refractivity contribution < 1.29 is 33.4 Å². The van der Waals surface area contributed by atoms with E-state index >= 15 is 0 Å². The van der Waals surface area contributed by atoms with Gasteiger partial charge in [-0.3, -0.25) is 24.0 Å². The number of carbonyl (C=O) groups is 5. The fourth-order valence-electron chi connectivity index (χ4n) is 5.15. The zero-order chi connectivity index (χ0) is 30.2. The topological polar surface area (TPSA) is 152 Å². The van der Waals surface area contributed by atoms with E-state index in [-0.39, 0.29) is 43.8 Å². The highest BCUT2D eigenvalue weighted by molar-refractivity contribution is 8.13. The first kappa shape index (κ1) is 33.5. The molecule has 12 heteroatoms. The van der Waals surface area contributed by atoms with Crippen molar-refractivity contribution in [2.75, 3.05) is 38.7 Å². The van der Waals surface area contributed by atoms with Gasteiger partial charge in [0.2, 0.25) is 28.7 Å². The number of carbonyl (C=O) groups excluding carboxylic acids is 5. The molecular weight excluding hydrogens is 560 g/mol. The number of amides is 4. The summed E-state index contributed by atoms with van der Waals surface area (Å²) in [5.74, 6) is -1.36. The van der Waals surface area contributed by atoms with Gasteiger partial charge >= 0.3 is 0 Å². The Bertz CT molecular complexity index is 1040. The number of rotatable bonds is 6. The van der Waals surface area contributed by atoms with E-state index < -0.39 is 41.8 Å². The second kappa shape index (κ2) is 18.6. The van der Waals surface area contributed by atoms with Crippen LogP contribution in [-0.2, 0) is 39.9 Å². The number of benzene rings is 1. The van der Waals surface area contributed by atoms with Crippen LogP contribution >= 0.6 is 11.8 Å². The van der Waals surface area contributed by atoms with E-state index in [1.807, 2.05) is 30.3 Å². The summed E-state index contributed by atoms with van der Waals surface area (Å²) in [6, 6.07) is 7.04. The molecule has 4 N–H and O–H groups in total. The number of thioether (sulfide) groups is 1. The first-order valence-corrected chi connectivity index (χ1v) is 15.8. The summed E-state index contributed by atoms with van der Waals surface area (Å²) in [6.45, 7) is 1.89. The average molecular weight is 605 g/mol. The van der Waals surface area contributed by atoms with Crippen molar-refractivity contribution in [2.24, 2.45) is 5.92 Å². The van der Waals surface area contributed by atoms with Gasteiger partial charge < -0.3 is 30.7 Å². The van der Waals surface area contributed by atoms with Crippen LogP contribution in [0.4, 0.5) is 0 Å². The van der Waals surface area contributed by atoms with Crippen LogP contribution in [0.25, 0.3) is 0 Å². The van der Waals surface area contributed by atoms with Gasteiger partial charge in [0.05, 0.1) is 25.9 Å². The van der Waals surface area contributed by atoms with Gasteiger partial charge in [-0.1, -0.05) is 74.2 Å². The molecule has 42 heavy (non-hydrogen) atoms. The fourth-order valence-corrected chi connectivity index (χ4v) is 6.09. The van der Waals surface area contributed by atoms with Crippen molar-refractivity contribution in [3.05, 3.63) is 35.9 Å². The first-order chi connectivity index (χ1) is 20.3. The van der Waals surface area contributed by atoms with Gasteiger partial charge in [-0.15, -0.1) is 0 Å². The Kier molecular flexibility index (Phi) is 14.8. The summed E-state index contributed by atoms with van der Waals surface area (Å²) in [5.41, 5.74) is 1.02. The zero-order valence-electron chi connectivity index (χ0n) is 24.4. The van der Waals surface area contributed by atoms with E-state index in [0.29, 0.717) is 25.2 Å². The molecule has 2 aliphatic rings. The standard InChI is InChI=1S/C30H44N4O7S/c1-21(35)32-26-20-42-30(39)24(13-12-22-8-4-2-5-9-22)34-29(38)25(18-23-10-6-3-7-11-23)33-27(36)19-41-17-16-40-15-14-31-28(26)37/h2,4-5,8-9,23-26H,3,6-7,10-20H2,1H3,(H,31,37)(H,32,35)(H,33,36)(H,34,38)/t24-,25-,26-/m0/s1. The third kappa shape index (κ3) is 12.5. The minimum Gasteiger partial charge on any atom is -0.377 e. The molecule has 1 saturated carbocycles. The number of ether oxygens (including phenoxy) is 2. The largest absolute Gasteiger partial charge is 0.377 e. The highest BCUT2D eigenvalue weighted by Gasteiger charge is 2.31. The maximum Gasteiger partial charge on any atom is 0.246 e. The summed E-state index contributed by atoms with van der Waals surface area (Å²) in [5, 5.41) is 10.7. The van der Waals surface area contributed by atoms with Gasteiger partial charge in [-0.25, -0.2) is 0 Å². The molecule has 1 aromatic carbocycles. The molecule has 0 spiro atoms. The Morgan fingerprint density at radius 1 is 0.929 bits per heavy atom. The highest BCUT2D eigenvalue weighted by atomic mass is 32.2. The number of aryl methyl sites for hydroxylation is 1. The SMILES string of the molecule is CC(=O)N[C@H]1CSC(=O)[C@H](CCc2ccccc2)NC(=O)[C@H](CC2CCCCC2)NC(=O)COCCOCCNC1=O. The molecule has 0 aromatic heterocycles. The zero-order valence-corrected chi connectivity index (χ0v) is 25.2. The van der Waals surface area contributed by atoms with E-state index in [1.165, 1.54) is 13.3 Å². The lowest BCUT2D eigenvalue weighted by Crippen LogP contribution is -2.53. The molecule has 1 aromatic rings. The van der Waals surface area contributed by atoms with Crippen LogP contribution in [0.5, 0.6) is 0 Å². The van der Waals surface area contributed by atoms with Crippen molar-refractivity contribution in [2.45, 2.75) is 76.4 Å². The van der Waals surface area contributed by atoms with Gasteiger partial charge in [0.25, 0.3) is 0 Å². The first-order valence-electron chi connectivity index (χ1n) is 14.8. The number of hydrogen-bond acceptors (Lipinski definition) is 8. The van der Waals surface area contributed by atoms with E-state index in [4.69, 9.17) is 9.47 Å². The van der Waals surface area contributed by atoms with Crippen molar-refractivity contribution in [3.63, 3.8) is 0 Å². The van der Waals surface area contributed by atoms with E-state index in [0.717, 1.165) is 43.0 Å². The quantitative estimate of drug-likeness (QED) is 0.381. The minimum absolute atomic E-state index is 0.00110. The smallest absolute Gasteiger partial charge is 0.246 e. The van der Waals surface area contributed by atoms with Crippen molar-refractivity contribution in [3.8, 4) is 0 Å². The molecule has 0 radical (unpaired) electrons. The van der Waals surface area contributed by atoms with E-state index in [2.05, 4.69) is 21.3 Å². The van der Waals surface area contributed by atoms with Crippen LogP contribution < -0.4 is 21.3 Å². The molecule has 3 atom stereocenters. The predicted octanol–water partition coefficient (Wildman–Crippen LogP) is 1.49. The van der Waals surface area contributed by atoms with Gasteiger partial charge in [-0.05, 0) is 30.7 Å². The molecule has 2 fully saturated rings. The van der Waals surface area contributed by atoms with E-state index in [1.54, 1.807) is 0 Å². The van der Waals surface area contributed by atoms with Crippen LogP contribution in [0.15, 0.2) is 30.3 Å². The van der Waals surface area contributed by atoms with Crippen LogP contribution in [0.3, 0.4) is 0 Å². The van der Waals surface area contributed by atoms with Crippen molar-refractivity contribution in [1.82, 2.24) is 21.3 Å². The minimum atomic E-state index is -0.939. The van der Waals surface area contributed by atoms with Crippen LogP contribution in [0.2, 0.25) is 0 Å². The summed E-state index contributed by atoms with van der Waals surface area (Å²) in [4.78, 5) is 64.4. The van der Waals surface area contributed by atoms with Gasteiger partial charge in [0, 0.05) is 19.2 Å². The molecular formula is C30H44N4O7S. The summed E-state index contributed by atoms with van der Waals surface area (Å²) >= 11 is 0.892. The van der Waals surface area contributed by atoms with Crippen LogP contribution in [-0.4, -0.2) is 85.6 Å².